The molecule has 1 heterocycles. The lowest BCUT2D eigenvalue weighted by Gasteiger charge is -2.09. The number of hydrogen-bond donors (Lipinski definition) is 2. The smallest absolute Gasteiger partial charge is 0.265 e. The van der Waals surface area contributed by atoms with Crippen molar-refractivity contribution >= 4 is 46.1 Å². The van der Waals surface area contributed by atoms with Gasteiger partial charge in [0.1, 0.15) is 0 Å². The summed E-state index contributed by atoms with van der Waals surface area (Å²) in [6.07, 6.45) is 0. The van der Waals surface area contributed by atoms with E-state index in [-0.39, 0.29) is 16.5 Å². The maximum atomic E-state index is 13.3. The Hall–Kier alpha value is -2.77. The second-order valence-corrected chi connectivity index (χ2v) is 6.57. The monoisotopic (exact) mass is 392 g/mol. The predicted molar refractivity (Wildman–Crippen MR) is 98.0 cm³/mol. The molecule has 0 saturated heterocycles. The fourth-order valence-electron chi connectivity index (χ4n) is 2.17. The third-order valence-electron chi connectivity index (χ3n) is 3.38. The molecule has 2 aromatic carbocycles. The number of rotatable bonds is 4. The van der Waals surface area contributed by atoms with Crippen molar-refractivity contribution < 1.29 is 18.4 Å². The Bertz CT molecular complexity index is 977. The molecule has 0 bridgehead atoms. The molecule has 4 nitrogen and oxygen atoms in total. The lowest BCUT2D eigenvalue weighted by molar-refractivity contribution is 0.102. The minimum Gasteiger partial charge on any atom is -0.322 e. The number of carbonyl (C=O) groups is 2. The van der Waals surface area contributed by atoms with Gasteiger partial charge < -0.3 is 10.6 Å². The van der Waals surface area contributed by atoms with E-state index in [0.717, 1.165) is 12.1 Å². The normalized spacial score (nSPS) is 10.4. The first-order valence-electron chi connectivity index (χ1n) is 7.35. The molecule has 0 aliphatic heterocycles. The fourth-order valence-corrected chi connectivity index (χ4v) is 3.03. The standard InChI is InChI=1S/C18H11ClF2N2O2S/c19-13-9-15(21)14(20)8-12(13)17(24)22-10-3-1-4-11(7-10)23-18(25)16-5-2-6-26-16/h1-9H,(H,22,24)(H,23,25). The van der Waals surface area contributed by atoms with Crippen LogP contribution in [0.2, 0.25) is 5.02 Å². The Morgan fingerprint density at radius 1 is 0.885 bits per heavy atom. The van der Waals surface area contributed by atoms with Crippen LogP contribution in [0.1, 0.15) is 20.0 Å². The molecule has 2 amide bonds. The van der Waals surface area contributed by atoms with Crippen LogP contribution in [0.5, 0.6) is 0 Å². The minimum atomic E-state index is -1.17. The lowest BCUT2D eigenvalue weighted by atomic mass is 10.2. The molecule has 0 aliphatic rings. The number of hydrogen-bond acceptors (Lipinski definition) is 3. The number of amides is 2. The topological polar surface area (TPSA) is 58.2 Å². The highest BCUT2D eigenvalue weighted by atomic mass is 35.5. The number of benzene rings is 2. The molecule has 0 unspecified atom stereocenters. The molecule has 0 fully saturated rings. The van der Waals surface area contributed by atoms with Crippen LogP contribution in [-0.2, 0) is 0 Å². The summed E-state index contributed by atoms with van der Waals surface area (Å²) in [6.45, 7) is 0. The zero-order chi connectivity index (χ0) is 18.7. The summed E-state index contributed by atoms with van der Waals surface area (Å²) in [5.74, 6) is -3.27. The van der Waals surface area contributed by atoms with Gasteiger partial charge in [0.2, 0.25) is 0 Å². The molecule has 3 aromatic rings. The van der Waals surface area contributed by atoms with E-state index < -0.39 is 17.5 Å². The van der Waals surface area contributed by atoms with Crippen LogP contribution in [0.25, 0.3) is 0 Å². The summed E-state index contributed by atoms with van der Waals surface area (Å²) < 4.78 is 26.5. The van der Waals surface area contributed by atoms with Gasteiger partial charge in [-0.2, -0.15) is 0 Å². The van der Waals surface area contributed by atoms with E-state index in [9.17, 15) is 18.4 Å². The number of thiophene rings is 1. The van der Waals surface area contributed by atoms with Gasteiger partial charge in [-0.05, 0) is 41.8 Å². The summed E-state index contributed by atoms with van der Waals surface area (Å²) in [5, 5.41) is 6.83. The van der Waals surface area contributed by atoms with Gasteiger partial charge in [-0.15, -0.1) is 11.3 Å². The highest BCUT2D eigenvalue weighted by Crippen LogP contribution is 2.23. The quantitative estimate of drug-likeness (QED) is 0.601. The van der Waals surface area contributed by atoms with Gasteiger partial charge in [0.25, 0.3) is 11.8 Å². The van der Waals surface area contributed by atoms with E-state index in [0.29, 0.717) is 16.3 Å². The van der Waals surface area contributed by atoms with Crippen molar-refractivity contribution in [2.24, 2.45) is 0 Å². The van der Waals surface area contributed by atoms with Crippen molar-refractivity contribution in [3.05, 3.63) is 81.0 Å². The van der Waals surface area contributed by atoms with Crippen molar-refractivity contribution in [2.45, 2.75) is 0 Å². The van der Waals surface area contributed by atoms with Crippen LogP contribution in [0.3, 0.4) is 0 Å². The van der Waals surface area contributed by atoms with Gasteiger partial charge in [0.15, 0.2) is 11.6 Å². The van der Waals surface area contributed by atoms with Gasteiger partial charge in [-0.25, -0.2) is 8.78 Å². The Balaban J connectivity index is 1.75. The third-order valence-corrected chi connectivity index (χ3v) is 4.56. The maximum Gasteiger partial charge on any atom is 0.265 e. The Morgan fingerprint density at radius 2 is 1.54 bits per heavy atom. The van der Waals surface area contributed by atoms with Gasteiger partial charge in [0.05, 0.1) is 15.5 Å². The first-order chi connectivity index (χ1) is 12.4. The van der Waals surface area contributed by atoms with Crippen molar-refractivity contribution in [3.8, 4) is 0 Å². The van der Waals surface area contributed by atoms with Crippen LogP contribution in [0.15, 0.2) is 53.9 Å². The first-order valence-corrected chi connectivity index (χ1v) is 8.60. The van der Waals surface area contributed by atoms with Crippen LogP contribution in [0.4, 0.5) is 20.2 Å². The summed E-state index contributed by atoms with van der Waals surface area (Å²) in [4.78, 5) is 24.9. The lowest BCUT2D eigenvalue weighted by Crippen LogP contribution is -2.14. The first kappa shape index (κ1) is 18.0. The number of nitrogens with one attached hydrogen (secondary N) is 2. The maximum absolute atomic E-state index is 13.3. The van der Waals surface area contributed by atoms with Gasteiger partial charge in [-0.1, -0.05) is 23.7 Å². The summed E-state index contributed by atoms with van der Waals surface area (Å²) >= 11 is 7.10. The molecule has 8 heteroatoms. The molecular weight excluding hydrogens is 382 g/mol. The Kier molecular flexibility index (Phi) is 5.29. The van der Waals surface area contributed by atoms with Crippen LogP contribution < -0.4 is 10.6 Å². The van der Waals surface area contributed by atoms with Crippen LogP contribution >= 0.6 is 22.9 Å². The van der Waals surface area contributed by atoms with Crippen molar-refractivity contribution in [1.29, 1.82) is 0 Å². The average molecular weight is 393 g/mol. The molecule has 1 aromatic heterocycles. The zero-order valence-corrected chi connectivity index (χ0v) is 14.6. The molecule has 0 aliphatic carbocycles. The fraction of sp³-hybridized carbons (Fsp3) is 0. The molecular formula is C18H11ClF2N2O2S. The van der Waals surface area contributed by atoms with Crippen molar-refractivity contribution in [2.75, 3.05) is 10.6 Å². The number of carbonyl (C=O) groups excluding carboxylic acids is 2. The molecule has 132 valence electrons. The van der Waals surface area contributed by atoms with E-state index in [2.05, 4.69) is 10.6 Å². The largest absolute Gasteiger partial charge is 0.322 e. The van der Waals surface area contributed by atoms with Gasteiger partial charge in [0, 0.05) is 11.4 Å². The third kappa shape index (κ3) is 4.07. The van der Waals surface area contributed by atoms with E-state index in [1.54, 1.807) is 35.7 Å². The molecule has 0 saturated carbocycles. The van der Waals surface area contributed by atoms with E-state index in [4.69, 9.17) is 11.6 Å². The molecule has 3 rings (SSSR count). The number of anilines is 2. The van der Waals surface area contributed by atoms with Crippen molar-refractivity contribution in [1.82, 2.24) is 0 Å². The summed E-state index contributed by atoms with van der Waals surface area (Å²) in [5.41, 5.74) is 0.635. The van der Waals surface area contributed by atoms with Gasteiger partial charge in [-0.3, -0.25) is 9.59 Å². The molecule has 26 heavy (non-hydrogen) atoms. The summed E-state index contributed by atoms with van der Waals surface area (Å²) in [6, 6.07) is 11.3. The van der Waals surface area contributed by atoms with Crippen LogP contribution in [0, 0.1) is 11.6 Å². The van der Waals surface area contributed by atoms with Crippen molar-refractivity contribution in [3.63, 3.8) is 0 Å². The molecule has 0 spiro atoms. The van der Waals surface area contributed by atoms with E-state index >= 15 is 0 Å². The minimum absolute atomic E-state index is 0.196. The molecule has 2 N–H and O–H groups in total. The highest BCUT2D eigenvalue weighted by Gasteiger charge is 2.15. The summed E-state index contributed by atoms with van der Waals surface area (Å²) in [7, 11) is 0. The molecule has 0 radical (unpaired) electrons. The second-order valence-electron chi connectivity index (χ2n) is 5.21. The Morgan fingerprint density at radius 3 is 2.19 bits per heavy atom. The highest BCUT2D eigenvalue weighted by molar-refractivity contribution is 7.12. The molecule has 0 atom stereocenters. The van der Waals surface area contributed by atoms with Gasteiger partial charge >= 0.3 is 0 Å². The SMILES string of the molecule is O=C(Nc1cccc(NC(=O)c2cc(F)c(F)cc2Cl)c1)c1cccs1. The number of halogens is 3. The van der Waals surface area contributed by atoms with Crippen LogP contribution in [-0.4, -0.2) is 11.8 Å². The predicted octanol–water partition coefficient (Wildman–Crippen LogP) is 5.18. The Labute approximate surface area is 156 Å². The van der Waals surface area contributed by atoms with E-state index in [1.165, 1.54) is 17.4 Å². The van der Waals surface area contributed by atoms with E-state index in [1.807, 2.05) is 0 Å². The second kappa shape index (κ2) is 7.63. The average Bonchev–Trinajstić information content (AvgIpc) is 3.13. The zero-order valence-electron chi connectivity index (χ0n) is 13.1.